The van der Waals surface area contributed by atoms with Crippen molar-refractivity contribution in [1.82, 2.24) is 0 Å². The molecule has 0 aromatic carbocycles. The summed E-state index contributed by atoms with van der Waals surface area (Å²) in [4.78, 5) is 10.5. The van der Waals surface area contributed by atoms with Crippen molar-refractivity contribution >= 4 is 6.47 Å². The summed E-state index contributed by atoms with van der Waals surface area (Å²) in [6.07, 6.45) is 12.0. The Morgan fingerprint density at radius 1 is 1.13 bits per heavy atom. The minimum atomic E-state index is -0.0895. The van der Waals surface area contributed by atoms with Gasteiger partial charge in [-0.05, 0) is 38.5 Å². The van der Waals surface area contributed by atoms with Crippen LogP contribution < -0.4 is 0 Å². The lowest BCUT2D eigenvalue weighted by Crippen LogP contribution is -2.34. The van der Waals surface area contributed by atoms with Crippen molar-refractivity contribution in [3.63, 3.8) is 0 Å². The summed E-state index contributed by atoms with van der Waals surface area (Å²) in [5, 5.41) is 0. The molecule has 0 aliphatic heterocycles. The maximum atomic E-state index is 10.5. The Hall–Kier alpha value is -0.530. The van der Waals surface area contributed by atoms with Crippen LogP contribution in [0.3, 0.4) is 0 Å². The van der Waals surface area contributed by atoms with Crippen LogP contribution in [0, 0.1) is 0 Å². The van der Waals surface area contributed by atoms with E-state index in [2.05, 4.69) is 6.92 Å². The Labute approximate surface area is 93.4 Å². The molecule has 0 saturated heterocycles. The molecule has 1 fully saturated rings. The van der Waals surface area contributed by atoms with Crippen molar-refractivity contribution in [3.8, 4) is 0 Å². The Balaban J connectivity index is 2.31. The normalized spacial score (nSPS) is 19.8. The third kappa shape index (κ3) is 4.23. The highest BCUT2D eigenvalue weighted by Crippen LogP contribution is 2.35. The molecule has 0 aromatic rings. The van der Waals surface area contributed by atoms with Gasteiger partial charge in [0.05, 0.1) is 0 Å². The summed E-state index contributed by atoms with van der Waals surface area (Å²) in [5.41, 5.74) is -0.0895. The van der Waals surface area contributed by atoms with E-state index in [0.717, 1.165) is 19.3 Å². The molecule has 1 saturated carbocycles. The number of hydrogen-bond acceptors (Lipinski definition) is 2. The molecule has 1 rings (SSSR count). The van der Waals surface area contributed by atoms with Crippen LogP contribution in [-0.4, -0.2) is 12.1 Å². The summed E-state index contributed by atoms with van der Waals surface area (Å²) < 4.78 is 5.37. The van der Waals surface area contributed by atoms with Gasteiger partial charge in [-0.15, -0.1) is 0 Å². The average molecular weight is 212 g/mol. The predicted octanol–water partition coefficient (Wildman–Crippen LogP) is 3.83. The van der Waals surface area contributed by atoms with Gasteiger partial charge in [0.2, 0.25) is 0 Å². The smallest absolute Gasteiger partial charge is 0.293 e. The van der Waals surface area contributed by atoms with E-state index in [1.165, 1.54) is 44.9 Å². The van der Waals surface area contributed by atoms with E-state index in [1.54, 1.807) is 0 Å². The van der Waals surface area contributed by atoms with Crippen LogP contribution in [0.25, 0.3) is 0 Å². The molecule has 0 N–H and O–H groups in total. The van der Waals surface area contributed by atoms with E-state index in [-0.39, 0.29) is 5.60 Å². The number of carbonyl (C=O) groups is 1. The summed E-state index contributed by atoms with van der Waals surface area (Å²) in [6.45, 7) is 2.88. The van der Waals surface area contributed by atoms with Crippen LogP contribution in [0.1, 0.15) is 71.1 Å². The lowest BCUT2D eigenvalue weighted by molar-refractivity contribution is -0.148. The molecule has 2 heteroatoms. The topological polar surface area (TPSA) is 26.3 Å². The summed E-state index contributed by atoms with van der Waals surface area (Å²) >= 11 is 0. The molecule has 2 nitrogen and oxygen atoms in total. The fourth-order valence-corrected chi connectivity index (χ4v) is 2.60. The van der Waals surface area contributed by atoms with Crippen LogP contribution in [0.2, 0.25) is 0 Å². The molecule has 0 bridgehead atoms. The minimum absolute atomic E-state index is 0.0895. The highest BCUT2D eigenvalue weighted by Gasteiger charge is 2.32. The van der Waals surface area contributed by atoms with Crippen molar-refractivity contribution in [2.24, 2.45) is 0 Å². The van der Waals surface area contributed by atoms with E-state index >= 15 is 0 Å². The molecule has 0 radical (unpaired) electrons. The van der Waals surface area contributed by atoms with Gasteiger partial charge in [0.15, 0.2) is 0 Å². The SMILES string of the molecule is CCCCCCC1(OC=O)CCCCC1. The molecule has 1 aliphatic rings. The first-order valence-corrected chi connectivity index (χ1v) is 6.44. The molecule has 88 valence electrons. The zero-order valence-electron chi connectivity index (χ0n) is 9.96. The number of rotatable bonds is 7. The van der Waals surface area contributed by atoms with E-state index in [1.807, 2.05) is 0 Å². The van der Waals surface area contributed by atoms with Crippen LogP contribution in [-0.2, 0) is 9.53 Å². The van der Waals surface area contributed by atoms with Crippen molar-refractivity contribution in [2.75, 3.05) is 0 Å². The molecular weight excluding hydrogens is 188 g/mol. The predicted molar refractivity (Wildman–Crippen MR) is 61.7 cm³/mol. The summed E-state index contributed by atoms with van der Waals surface area (Å²) in [7, 11) is 0. The molecular formula is C13H24O2. The quantitative estimate of drug-likeness (QED) is 0.473. The van der Waals surface area contributed by atoms with E-state index in [0.29, 0.717) is 6.47 Å². The van der Waals surface area contributed by atoms with Gasteiger partial charge in [0.1, 0.15) is 5.60 Å². The number of hydrogen-bond donors (Lipinski definition) is 0. The number of ether oxygens (including phenoxy) is 1. The summed E-state index contributed by atoms with van der Waals surface area (Å²) in [5.74, 6) is 0. The van der Waals surface area contributed by atoms with Crippen molar-refractivity contribution in [2.45, 2.75) is 76.7 Å². The van der Waals surface area contributed by atoms with Crippen molar-refractivity contribution < 1.29 is 9.53 Å². The highest BCUT2D eigenvalue weighted by atomic mass is 16.5. The summed E-state index contributed by atoms with van der Waals surface area (Å²) in [6, 6.07) is 0. The molecule has 0 spiro atoms. The van der Waals surface area contributed by atoms with E-state index in [9.17, 15) is 4.79 Å². The molecule has 0 amide bonds. The largest absolute Gasteiger partial charge is 0.461 e. The van der Waals surface area contributed by atoms with Crippen LogP contribution >= 0.6 is 0 Å². The molecule has 15 heavy (non-hydrogen) atoms. The molecule has 0 aromatic heterocycles. The average Bonchev–Trinajstić information content (AvgIpc) is 2.26. The van der Waals surface area contributed by atoms with Gasteiger partial charge in [-0.3, -0.25) is 4.79 Å². The van der Waals surface area contributed by atoms with Gasteiger partial charge in [-0.25, -0.2) is 0 Å². The van der Waals surface area contributed by atoms with Crippen LogP contribution in [0.5, 0.6) is 0 Å². The van der Waals surface area contributed by atoms with Gasteiger partial charge >= 0.3 is 0 Å². The third-order valence-electron chi connectivity index (χ3n) is 3.55. The fraction of sp³-hybridized carbons (Fsp3) is 0.923. The van der Waals surface area contributed by atoms with E-state index < -0.39 is 0 Å². The number of unbranched alkanes of at least 4 members (excludes halogenated alkanes) is 3. The molecule has 1 aliphatic carbocycles. The third-order valence-corrected chi connectivity index (χ3v) is 3.55. The Morgan fingerprint density at radius 3 is 2.47 bits per heavy atom. The van der Waals surface area contributed by atoms with Crippen molar-refractivity contribution in [3.05, 3.63) is 0 Å². The Bertz CT molecular complexity index is 171. The second-order valence-corrected chi connectivity index (χ2v) is 4.77. The zero-order chi connectivity index (χ0) is 11.0. The number of carbonyl (C=O) groups excluding carboxylic acids is 1. The van der Waals surface area contributed by atoms with Gasteiger partial charge in [-0.1, -0.05) is 32.6 Å². The van der Waals surface area contributed by atoms with E-state index in [4.69, 9.17) is 4.74 Å². The Morgan fingerprint density at radius 2 is 1.87 bits per heavy atom. The van der Waals surface area contributed by atoms with Gasteiger partial charge in [0.25, 0.3) is 6.47 Å². The first-order valence-electron chi connectivity index (χ1n) is 6.44. The molecule has 0 heterocycles. The van der Waals surface area contributed by atoms with Gasteiger partial charge in [0, 0.05) is 0 Å². The maximum Gasteiger partial charge on any atom is 0.293 e. The van der Waals surface area contributed by atoms with Crippen molar-refractivity contribution in [1.29, 1.82) is 0 Å². The van der Waals surface area contributed by atoms with Gasteiger partial charge < -0.3 is 4.74 Å². The molecule has 0 unspecified atom stereocenters. The highest BCUT2D eigenvalue weighted by molar-refractivity contribution is 5.38. The fourth-order valence-electron chi connectivity index (χ4n) is 2.60. The van der Waals surface area contributed by atoms with Crippen LogP contribution in [0.4, 0.5) is 0 Å². The van der Waals surface area contributed by atoms with Crippen LogP contribution in [0.15, 0.2) is 0 Å². The first kappa shape index (κ1) is 12.5. The second-order valence-electron chi connectivity index (χ2n) is 4.77. The second kappa shape index (κ2) is 6.86. The monoisotopic (exact) mass is 212 g/mol. The molecule has 0 atom stereocenters. The lowest BCUT2D eigenvalue weighted by Gasteiger charge is -2.35. The maximum absolute atomic E-state index is 10.5. The lowest BCUT2D eigenvalue weighted by atomic mass is 9.81. The first-order chi connectivity index (χ1) is 7.33. The minimum Gasteiger partial charge on any atom is -0.461 e. The van der Waals surface area contributed by atoms with Gasteiger partial charge in [-0.2, -0.15) is 0 Å². The zero-order valence-corrected chi connectivity index (χ0v) is 9.96. The Kier molecular flexibility index (Phi) is 5.74. The standard InChI is InChI=1S/C13H24O2/c1-2-3-4-6-9-13(15-12-14)10-7-5-8-11-13/h12H,2-11H2,1H3.